The number of allylic oxidation sites excluding steroid dienone is 2. The van der Waals surface area contributed by atoms with Crippen molar-refractivity contribution in [2.75, 3.05) is 7.11 Å². The number of fused-ring (bicyclic) bond motifs is 1. The second-order valence-electron chi connectivity index (χ2n) is 3.40. The lowest BCUT2D eigenvalue weighted by Crippen LogP contribution is -2.16. The maximum absolute atomic E-state index is 11.8. The Bertz CT molecular complexity index is 484. The standard InChI is InChI=1S/C12H10O3.CH4/c1-7-6-9(13)11-8(12(7)14)4-3-5-10(11)15-2;/h3-6H,1-2H3;1H4. The highest BCUT2D eigenvalue weighted by molar-refractivity contribution is 6.25. The molecule has 1 aliphatic rings. The lowest BCUT2D eigenvalue weighted by atomic mass is 9.90. The second kappa shape index (κ2) is 4.31. The van der Waals surface area contributed by atoms with Crippen LogP contribution in [0.25, 0.3) is 0 Å². The molecule has 0 heterocycles. The largest absolute Gasteiger partial charge is 0.496 e. The summed E-state index contributed by atoms with van der Waals surface area (Å²) in [4.78, 5) is 23.5. The first kappa shape index (κ1) is 12.2. The normalized spacial score (nSPS) is 13.8. The summed E-state index contributed by atoms with van der Waals surface area (Å²) in [6.07, 6.45) is 1.35. The van der Waals surface area contributed by atoms with E-state index in [1.807, 2.05) is 0 Å². The number of rotatable bonds is 1. The van der Waals surface area contributed by atoms with E-state index < -0.39 is 0 Å². The van der Waals surface area contributed by atoms with Crippen LogP contribution in [0.2, 0.25) is 0 Å². The van der Waals surface area contributed by atoms with Crippen molar-refractivity contribution >= 4 is 11.6 Å². The van der Waals surface area contributed by atoms with E-state index >= 15 is 0 Å². The molecule has 0 N–H and O–H groups in total. The summed E-state index contributed by atoms with van der Waals surface area (Å²) < 4.78 is 5.06. The summed E-state index contributed by atoms with van der Waals surface area (Å²) in [5.41, 5.74) is 1.27. The van der Waals surface area contributed by atoms with E-state index in [9.17, 15) is 9.59 Å². The molecule has 1 aliphatic carbocycles. The maximum atomic E-state index is 11.8. The van der Waals surface area contributed by atoms with Crippen LogP contribution in [0.5, 0.6) is 5.75 Å². The van der Waals surface area contributed by atoms with Crippen molar-refractivity contribution in [1.82, 2.24) is 0 Å². The van der Waals surface area contributed by atoms with Crippen LogP contribution in [0.1, 0.15) is 35.1 Å². The highest BCUT2D eigenvalue weighted by Crippen LogP contribution is 2.28. The van der Waals surface area contributed by atoms with E-state index in [2.05, 4.69) is 0 Å². The van der Waals surface area contributed by atoms with Gasteiger partial charge in [0.25, 0.3) is 0 Å². The van der Waals surface area contributed by atoms with Gasteiger partial charge in [-0.3, -0.25) is 9.59 Å². The molecular weight excluding hydrogens is 204 g/mol. The lowest BCUT2D eigenvalue weighted by molar-refractivity contribution is 0.0982. The molecule has 0 saturated carbocycles. The van der Waals surface area contributed by atoms with Gasteiger partial charge >= 0.3 is 0 Å². The van der Waals surface area contributed by atoms with E-state index in [0.29, 0.717) is 22.4 Å². The number of methoxy groups -OCH3 is 1. The Morgan fingerprint density at radius 3 is 2.50 bits per heavy atom. The molecule has 84 valence electrons. The van der Waals surface area contributed by atoms with Crippen LogP contribution in [0.4, 0.5) is 0 Å². The molecule has 1 aromatic carbocycles. The maximum Gasteiger partial charge on any atom is 0.190 e. The summed E-state index contributed by atoms with van der Waals surface area (Å²) in [5, 5.41) is 0. The molecule has 0 aromatic heterocycles. The molecule has 16 heavy (non-hydrogen) atoms. The predicted molar refractivity (Wildman–Crippen MR) is 62.1 cm³/mol. The molecule has 0 radical (unpaired) electrons. The van der Waals surface area contributed by atoms with Gasteiger partial charge in [0.2, 0.25) is 0 Å². The molecule has 3 heteroatoms. The molecule has 0 fully saturated rings. The molecule has 1 aromatic rings. The van der Waals surface area contributed by atoms with Crippen molar-refractivity contribution in [2.24, 2.45) is 0 Å². The quantitative estimate of drug-likeness (QED) is 0.727. The number of hydrogen-bond donors (Lipinski definition) is 0. The highest BCUT2D eigenvalue weighted by Gasteiger charge is 2.25. The van der Waals surface area contributed by atoms with Crippen LogP contribution in [-0.4, -0.2) is 18.7 Å². The van der Waals surface area contributed by atoms with Gasteiger partial charge in [-0.2, -0.15) is 0 Å². The average Bonchev–Trinajstić information content (AvgIpc) is 2.25. The fraction of sp³-hybridized carbons (Fsp3) is 0.231. The summed E-state index contributed by atoms with van der Waals surface area (Å²) in [5.74, 6) is 0.178. The van der Waals surface area contributed by atoms with E-state index in [1.54, 1.807) is 25.1 Å². The molecule has 0 spiro atoms. The topological polar surface area (TPSA) is 43.4 Å². The van der Waals surface area contributed by atoms with Crippen LogP contribution in [0.3, 0.4) is 0 Å². The van der Waals surface area contributed by atoms with Gasteiger partial charge in [-0.15, -0.1) is 0 Å². The number of carbonyl (C=O) groups is 2. The van der Waals surface area contributed by atoms with Gasteiger partial charge in [-0.05, 0) is 19.1 Å². The number of carbonyl (C=O) groups excluding carboxylic acids is 2. The smallest absolute Gasteiger partial charge is 0.190 e. The van der Waals surface area contributed by atoms with Gasteiger partial charge in [-0.1, -0.05) is 19.6 Å². The lowest BCUT2D eigenvalue weighted by Gasteiger charge is -2.15. The Morgan fingerprint density at radius 1 is 1.19 bits per heavy atom. The highest BCUT2D eigenvalue weighted by atomic mass is 16.5. The average molecular weight is 218 g/mol. The first-order valence-electron chi connectivity index (χ1n) is 4.59. The number of Topliss-reactive ketones (excluding diaryl/α,β-unsaturated/α-hetero) is 1. The zero-order chi connectivity index (χ0) is 11.0. The molecule has 0 aliphatic heterocycles. The van der Waals surface area contributed by atoms with Crippen molar-refractivity contribution < 1.29 is 14.3 Å². The van der Waals surface area contributed by atoms with Crippen LogP contribution in [-0.2, 0) is 0 Å². The first-order chi connectivity index (χ1) is 7.15. The Labute approximate surface area is 94.7 Å². The van der Waals surface area contributed by atoms with Crippen LogP contribution in [0, 0.1) is 0 Å². The van der Waals surface area contributed by atoms with Gasteiger partial charge < -0.3 is 4.74 Å². The fourth-order valence-corrected chi connectivity index (χ4v) is 1.69. The SMILES string of the molecule is C.COc1cccc2c1C(=O)C=C(C)C2=O. The van der Waals surface area contributed by atoms with Crippen LogP contribution < -0.4 is 4.74 Å². The third kappa shape index (κ3) is 1.65. The zero-order valence-electron chi connectivity index (χ0n) is 8.53. The van der Waals surface area contributed by atoms with E-state index in [4.69, 9.17) is 4.74 Å². The number of ketones is 2. The van der Waals surface area contributed by atoms with Crippen molar-refractivity contribution in [2.45, 2.75) is 14.4 Å². The Hall–Kier alpha value is -1.90. The van der Waals surface area contributed by atoms with Crippen molar-refractivity contribution in [3.63, 3.8) is 0 Å². The number of hydrogen-bond acceptors (Lipinski definition) is 3. The fourth-order valence-electron chi connectivity index (χ4n) is 1.69. The Kier molecular flexibility index (Phi) is 3.28. The Balaban J connectivity index is 0.00000128. The molecule has 0 amide bonds. The summed E-state index contributed by atoms with van der Waals surface area (Å²) >= 11 is 0. The third-order valence-corrected chi connectivity index (χ3v) is 2.44. The minimum Gasteiger partial charge on any atom is -0.496 e. The molecule has 0 unspecified atom stereocenters. The summed E-state index contributed by atoms with van der Waals surface area (Å²) in [6, 6.07) is 5.04. The molecule has 3 nitrogen and oxygen atoms in total. The summed E-state index contributed by atoms with van der Waals surface area (Å²) in [6.45, 7) is 1.64. The number of benzene rings is 1. The minimum absolute atomic E-state index is 0. The van der Waals surface area contributed by atoms with E-state index in [1.165, 1.54) is 13.2 Å². The zero-order valence-corrected chi connectivity index (χ0v) is 8.53. The van der Waals surface area contributed by atoms with Crippen LogP contribution >= 0.6 is 0 Å². The molecule has 0 bridgehead atoms. The summed E-state index contributed by atoms with van der Waals surface area (Å²) in [7, 11) is 1.48. The molecule has 2 rings (SSSR count). The van der Waals surface area contributed by atoms with Gasteiger partial charge in [0.1, 0.15) is 5.75 Å². The van der Waals surface area contributed by atoms with Crippen molar-refractivity contribution in [3.8, 4) is 5.75 Å². The number of ether oxygens (including phenoxy) is 1. The predicted octanol–water partition coefficient (Wildman–Crippen LogP) is 2.66. The molecule has 0 saturated heterocycles. The minimum atomic E-state index is -0.167. The molecular formula is C13H14O3. The Morgan fingerprint density at radius 2 is 1.88 bits per heavy atom. The van der Waals surface area contributed by atoms with Gasteiger partial charge in [-0.25, -0.2) is 0 Å². The third-order valence-electron chi connectivity index (χ3n) is 2.44. The second-order valence-corrected chi connectivity index (χ2v) is 3.40. The first-order valence-corrected chi connectivity index (χ1v) is 4.59. The van der Waals surface area contributed by atoms with Gasteiger partial charge in [0, 0.05) is 11.1 Å². The van der Waals surface area contributed by atoms with Gasteiger partial charge in [0.15, 0.2) is 11.6 Å². The van der Waals surface area contributed by atoms with Crippen molar-refractivity contribution in [3.05, 3.63) is 41.0 Å². The van der Waals surface area contributed by atoms with Crippen molar-refractivity contribution in [1.29, 1.82) is 0 Å². The van der Waals surface area contributed by atoms with Crippen LogP contribution in [0.15, 0.2) is 29.8 Å². The van der Waals surface area contributed by atoms with Gasteiger partial charge in [0.05, 0.1) is 12.7 Å². The van der Waals surface area contributed by atoms with E-state index in [-0.39, 0.29) is 19.0 Å². The molecule has 0 atom stereocenters. The van der Waals surface area contributed by atoms with E-state index in [0.717, 1.165) is 0 Å². The monoisotopic (exact) mass is 218 g/mol.